The Labute approximate surface area is 62.5 Å². The summed E-state index contributed by atoms with van der Waals surface area (Å²) in [6.07, 6.45) is 4.63. The van der Waals surface area contributed by atoms with Gasteiger partial charge in [-0.25, -0.2) is 9.97 Å². The van der Waals surface area contributed by atoms with E-state index >= 15 is 0 Å². The molecule has 0 amide bonds. The van der Waals surface area contributed by atoms with Gasteiger partial charge < -0.3 is 0 Å². The molecule has 9 heavy (non-hydrogen) atoms. The Kier molecular flexibility index (Phi) is 2.16. The van der Waals surface area contributed by atoms with E-state index < -0.39 is 0 Å². The molecule has 0 aliphatic rings. The zero-order valence-corrected chi connectivity index (χ0v) is 6.72. The number of aromatic nitrogens is 2. The molecule has 1 aromatic heterocycles. The second kappa shape index (κ2) is 2.92. The molecular formula is C6H7BrN2. The van der Waals surface area contributed by atoms with Crippen LogP contribution in [0.2, 0.25) is 0 Å². The van der Waals surface area contributed by atoms with Crippen molar-refractivity contribution in [2.24, 2.45) is 0 Å². The standard InChI is InChI=1S/C6H7BrN2/c1-2-5-3-8-6(7)9-4-5/h3-4H,2H2,1H3. The summed E-state index contributed by atoms with van der Waals surface area (Å²) in [6, 6.07) is 0. The van der Waals surface area contributed by atoms with Gasteiger partial charge in [0.05, 0.1) is 0 Å². The van der Waals surface area contributed by atoms with E-state index in [1.807, 2.05) is 12.4 Å². The van der Waals surface area contributed by atoms with E-state index in [1.165, 1.54) is 5.56 Å². The minimum absolute atomic E-state index is 0.653. The third-order valence-corrected chi connectivity index (χ3v) is 1.49. The maximum absolute atomic E-state index is 3.96. The van der Waals surface area contributed by atoms with E-state index in [-0.39, 0.29) is 0 Å². The van der Waals surface area contributed by atoms with Crippen LogP contribution in [-0.2, 0) is 6.42 Å². The molecule has 0 N–H and O–H groups in total. The topological polar surface area (TPSA) is 25.8 Å². The molecule has 0 unspecified atom stereocenters. The Bertz CT molecular complexity index is 183. The van der Waals surface area contributed by atoms with Crippen LogP contribution in [0.4, 0.5) is 0 Å². The molecule has 0 spiro atoms. The maximum atomic E-state index is 3.96. The van der Waals surface area contributed by atoms with Crippen molar-refractivity contribution in [3.8, 4) is 0 Å². The molecule has 2 nitrogen and oxygen atoms in total. The number of rotatable bonds is 1. The van der Waals surface area contributed by atoms with Gasteiger partial charge in [-0.3, -0.25) is 0 Å². The van der Waals surface area contributed by atoms with Gasteiger partial charge in [0.2, 0.25) is 0 Å². The van der Waals surface area contributed by atoms with Crippen LogP contribution in [0.25, 0.3) is 0 Å². The Hall–Kier alpha value is -0.440. The van der Waals surface area contributed by atoms with Gasteiger partial charge in [0, 0.05) is 12.4 Å². The Morgan fingerprint density at radius 3 is 2.44 bits per heavy atom. The SMILES string of the molecule is CCc1cnc(Br)nc1. The molecule has 0 aliphatic carbocycles. The van der Waals surface area contributed by atoms with E-state index in [0.29, 0.717) is 4.73 Å². The highest BCUT2D eigenvalue weighted by molar-refractivity contribution is 9.10. The summed E-state index contributed by atoms with van der Waals surface area (Å²) in [4.78, 5) is 7.91. The summed E-state index contributed by atoms with van der Waals surface area (Å²) in [5.74, 6) is 0. The van der Waals surface area contributed by atoms with Crippen LogP contribution < -0.4 is 0 Å². The molecule has 48 valence electrons. The zero-order chi connectivity index (χ0) is 6.69. The van der Waals surface area contributed by atoms with Gasteiger partial charge in [0.1, 0.15) is 0 Å². The average Bonchev–Trinajstić information content (AvgIpc) is 1.90. The first-order chi connectivity index (χ1) is 4.33. The van der Waals surface area contributed by atoms with Crippen LogP contribution in [0.5, 0.6) is 0 Å². The first-order valence-corrected chi connectivity index (χ1v) is 3.58. The van der Waals surface area contributed by atoms with Gasteiger partial charge in [0.25, 0.3) is 0 Å². The van der Waals surface area contributed by atoms with E-state index in [0.717, 1.165) is 6.42 Å². The van der Waals surface area contributed by atoms with Crippen molar-refractivity contribution in [2.75, 3.05) is 0 Å². The smallest absolute Gasteiger partial charge is 0.196 e. The molecule has 0 aromatic carbocycles. The van der Waals surface area contributed by atoms with Crippen molar-refractivity contribution >= 4 is 15.9 Å². The lowest BCUT2D eigenvalue weighted by molar-refractivity contribution is 1.02. The Morgan fingerprint density at radius 1 is 1.44 bits per heavy atom. The fraction of sp³-hybridized carbons (Fsp3) is 0.333. The monoisotopic (exact) mass is 186 g/mol. The minimum atomic E-state index is 0.653. The van der Waals surface area contributed by atoms with E-state index in [9.17, 15) is 0 Å². The number of hydrogen-bond acceptors (Lipinski definition) is 2. The predicted octanol–water partition coefficient (Wildman–Crippen LogP) is 1.80. The van der Waals surface area contributed by atoms with E-state index in [1.54, 1.807) is 0 Å². The number of aryl methyl sites for hydroxylation is 1. The van der Waals surface area contributed by atoms with Crippen molar-refractivity contribution in [1.29, 1.82) is 0 Å². The number of halogens is 1. The minimum Gasteiger partial charge on any atom is -0.230 e. The van der Waals surface area contributed by atoms with Gasteiger partial charge in [-0.15, -0.1) is 0 Å². The lowest BCUT2D eigenvalue weighted by Crippen LogP contribution is -1.85. The van der Waals surface area contributed by atoms with Crippen LogP contribution in [0.3, 0.4) is 0 Å². The van der Waals surface area contributed by atoms with Crippen LogP contribution in [-0.4, -0.2) is 9.97 Å². The van der Waals surface area contributed by atoms with E-state index in [4.69, 9.17) is 0 Å². The lowest BCUT2D eigenvalue weighted by atomic mass is 10.3. The summed E-state index contributed by atoms with van der Waals surface area (Å²) in [5, 5.41) is 0. The molecule has 0 radical (unpaired) electrons. The summed E-state index contributed by atoms with van der Waals surface area (Å²) < 4.78 is 0.653. The fourth-order valence-electron chi connectivity index (χ4n) is 0.522. The quantitative estimate of drug-likeness (QED) is 0.626. The Morgan fingerprint density at radius 2 is 2.00 bits per heavy atom. The molecule has 0 saturated carbocycles. The zero-order valence-electron chi connectivity index (χ0n) is 5.13. The van der Waals surface area contributed by atoms with Crippen LogP contribution >= 0.6 is 15.9 Å². The van der Waals surface area contributed by atoms with Crippen molar-refractivity contribution in [3.63, 3.8) is 0 Å². The third kappa shape index (κ3) is 1.75. The van der Waals surface area contributed by atoms with Gasteiger partial charge >= 0.3 is 0 Å². The van der Waals surface area contributed by atoms with Gasteiger partial charge in [-0.1, -0.05) is 6.92 Å². The first-order valence-electron chi connectivity index (χ1n) is 2.79. The summed E-state index contributed by atoms with van der Waals surface area (Å²) >= 11 is 3.15. The highest BCUT2D eigenvalue weighted by Gasteiger charge is 1.88. The molecule has 0 saturated heterocycles. The number of nitrogens with zero attached hydrogens (tertiary/aromatic N) is 2. The molecule has 3 heteroatoms. The highest BCUT2D eigenvalue weighted by Crippen LogP contribution is 2.01. The van der Waals surface area contributed by atoms with Gasteiger partial charge in [-0.2, -0.15) is 0 Å². The van der Waals surface area contributed by atoms with Crippen molar-refractivity contribution in [2.45, 2.75) is 13.3 Å². The lowest BCUT2D eigenvalue weighted by Gasteiger charge is -1.91. The molecule has 1 rings (SSSR count). The van der Waals surface area contributed by atoms with E-state index in [2.05, 4.69) is 32.8 Å². The predicted molar refractivity (Wildman–Crippen MR) is 39.1 cm³/mol. The van der Waals surface area contributed by atoms with Crippen molar-refractivity contribution in [3.05, 3.63) is 22.7 Å². The molecular weight excluding hydrogens is 180 g/mol. The third-order valence-electron chi connectivity index (χ3n) is 1.08. The summed E-state index contributed by atoms with van der Waals surface area (Å²) in [6.45, 7) is 2.08. The van der Waals surface area contributed by atoms with Crippen LogP contribution in [0.15, 0.2) is 17.1 Å². The summed E-state index contributed by atoms with van der Waals surface area (Å²) in [7, 11) is 0. The fourth-order valence-corrected chi connectivity index (χ4v) is 0.726. The molecule has 1 aromatic rings. The largest absolute Gasteiger partial charge is 0.230 e. The highest BCUT2D eigenvalue weighted by atomic mass is 79.9. The average molecular weight is 187 g/mol. The normalized spacial score (nSPS) is 9.56. The van der Waals surface area contributed by atoms with Crippen LogP contribution in [0, 0.1) is 0 Å². The maximum Gasteiger partial charge on any atom is 0.196 e. The van der Waals surface area contributed by atoms with Crippen molar-refractivity contribution in [1.82, 2.24) is 9.97 Å². The van der Waals surface area contributed by atoms with Gasteiger partial charge in [0.15, 0.2) is 4.73 Å². The van der Waals surface area contributed by atoms with Crippen molar-refractivity contribution < 1.29 is 0 Å². The molecule has 0 aliphatic heterocycles. The second-order valence-corrected chi connectivity index (χ2v) is 2.42. The van der Waals surface area contributed by atoms with Gasteiger partial charge in [-0.05, 0) is 27.9 Å². The summed E-state index contributed by atoms with van der Waals surface area (Å²) in [5.41, 5.74) is 1.16. The first kappa shape index (κ1) is 6.68. The molecule has 0 fully saturated rings. The Balaban J connectivity index is 2.88. The number of hydrogen-bond donors (Lipinski definition) is 0. The molecule has 1 heterocycles. The van der Waals surface area contributed by atoms with Crippen LogP contribution in [0.1, 0.15) is 12.5 Å². The second-order valence-electron chi connectivity index (χ2n) is 1.71. The molecule has 0 bridgehead atoms. The molecule has 0 atom stereocenters.